The van der Waals surface area contributed by atoms with Crippen LogP contribution >= 0.6 is 0 Å². The second-order valence-electron chi connectivity index (χ2n) is 25.0. The molecule has 3 aromatic carbocycles. The van der Waals surface area contributed by atoms with E-state index in [4.69, 9.17) is 42.6 Å². The van der Waals surface area contributed by atoms with Gasteiger partial charge in [0.05, 0.1) is 48.9 Å². The fraction of sp³-hybridized carbons (Fsp3) is 0.594. The van der Waals surface area contributed by atoms with Crippen molar-refractivity contribution in [3.63, 3.8) is 0 Å². The van der Waals surface area contributed by atoms with Crippen molar-refractivity contribution in [2.45, 2.75) is 224 Å². The molecule has 3 aromatic rings. The number of aliphatic hydroxyl groups excluding tert-OH is 2. The Labute approximate surface area is 517 Å². The van der Waals surface area contributed by atoms with Gasteiger partial charge < -0.3 is 63.3 Å². The molecule has 2 saturated carbocycles. The summed E-state index contributed by atoms with van der Waals surface area (Å²) in [5.74, 6) is -6.99. The number of amides is 1. The second kappa shape index (κ2) is 30.6. The number of esters is 4. The van der Waals surface area contributed by atoms with E-state index in [-0.39, 0.29) is 48.5 Å². The molecule has 19 heteroatoms. The minimum absolute atomic E-state index is 0.0347. The third kappa shape index (κ3) is 15.3. The lowest BCUT2D eigenvalue weighted by atomic mass is 9.44. The van der Waals surface area contributed by atoms with Crippen molar-refractivity contribution >= 4 is 35.6 Å². The van der Waals surface area contributed by atoms with Crippen LogP contribution in [0.25, 0.3) is 0 Å². The summed E-state index contributed by atoms with van der Waals surface area (Å²) in [4.78, 5) is 86.9. The molecule has 2 heterocycles. The van der Waals surface area contributed by atoms with Crippen LogP contribution in [0, 0.1) is 16.7 Å². The van der Waals surface area contributed by atoms with E-state index in [9.17, 15) is 34.5 Å². The number of allylic oxidation sites excluding steroid dienone is 2. The molecule has 1 amide bonds. The van der Waals surface area contributed by atoms with E-state index in [2.05, 4.69) is 24.4 Å². The molecule has 19 nitrogen and oxygen atoms in total. The first kappa shape index (κ1) is 67.8. The zero-order valence-corrected chi connectivity index (χ0v) is 52.1. The fourth-order valence-electron chi connectivity index (χ4n) is 13.8. The van der Waals surface area contributed by atoms with Crippen LogP contribution in [-0.4, -0.2) is 137 Å². The van der Waals surface area contributed by atoms with Gasteiger partial charge in [-0.25, -0.2) is 9.59 Å². The van der Waals surface area contributed by atoms with Gasteiger partial charge in [0.15, 0.2) is 29.9 Å². The summed E-state index contributed by atoms with van der Waals surface area (Å²) in [7, 11) is 0. The average molecular weight is 1220 g/mol. The number of nitrogens with one attached hydrogen (secondary N) is 1. The number of unbranched alkanes of at least 4 members (excludes halogenated alkanes) is 11. The van der Waals surface area contributed by atoms with Gasteiger partial charge in [0.1, 0.15) is 30.0 Å². The summed E-state index contributed by atoms with van der Waals surface area (Å²) in [6, 6.07) is 23.0. The Hall–Kier alpha value is -6.16. The van der Waals surface area contributed by atoms with Crippen LogP contribution in [-0.2, 0) is 61.8 Å². The molecule has 3 aliphatic carbocycles. The van der Waals surface area contributed by atoms with Crippen LogP contribution in [0.15, 0.2) is 114 Å². The van der Waals surface area contributed by atoms with Crippen molar-refractivity contribution in [1.82, 2.24) is 5.32 Å². The van der Waals surface area contributed by atoms with Crippen molar-refractivity contribution in [2.24, 2.45) is 16.7 Å². The molecule has 8 rings (SSSR count). The molecule has 2 saturated heterocycles. The maximum atomic E-state index is 15.9. The molecule has 4 N–H and O–H groups in total. The van der Waals surface area contributed by atoms with E-state index in [0.29, 0.717) is 12.0 Å². The predicted molar refractivity (Wildman–Crippen MR) is 323 cm³/mol. The topological polar surface area (TPSA) is 258 Å². The number of carbonyl (C=O) groups excluding carboxylic acids is 6. The highest BCUT2D eigenvalue weighted by Crippen LogP contribution is 2.64. The summed E-state index contributed by atoms with van der Waals surface area (Å²) in [6.07, 6.45) is 8.75. The molecule has 0 radical (unpaired) electrons. The Bertz CT molecular complexity index is 2900. The number of ketones is 1. The standard InChI is InChI=1S/C69H91NO18/c1-8-9-10-11-12-13-14-15-16-17-18-19-20-21-31-38-54-80-41-50(84-54)42-81-65(78)86-58(56(47-32-25-22-26-33-47)70-62(75)48-34-27-23-28-35-48)64(77)85-51-40-69(79)61(87-63(76)49-36-29-24-30-37-49)59-67(7,52(73)39-53-68(59,43-82-53)88-46(4)72)60(74)57(83-45(3)71)55(44(51)2)66(69,5)6/h15-16,22-30,32-37,50-54,56-59,61,65,73,78-79H,8-14,17-21,31,38-43H2,1-7H3,(H,70,75)/b16-15-/t50-,51+,52+,53-,54-,56+,57-,58-,59?,61+,65?,67-,68+,69-/m1/s1. The number of fused-ring (bicyclic) bond motifs is 5. The van der Waals surface area contributed by atoms with Gasteiger partial charge in [0.25, 0.3) is 12.4 Å². The van der Waals surface area contributed by atoms with E-state index in [0.717, 1.165) is 58.8 Å². The quantitative estimate of drug-likeness (QED) is 0.0159. The fourth-order valence-corrected chi connectivity index (χ4v) is 13.8. The van der Waals surface area contributed by atoms with Crippen molar-refractivity contribution < 1.29 is 86.7 Å². The van der Waals surface area contributed by atoms with Gasteiger partial charge in [-0.05, 0) is 93.3 Å². The molecule has 2 bridgehead atoms. The van der Waals surface area contributed by atoms with Crippen molar-refractivity contribution in [3.8, 4) is 0 Å². The van der Waals surface area contributed by atoms with Crippen LogP contribution in [0.1, 0.15) is 184 Å². The number of rotatable bonds is 30. The van der Waals surface area contributed by atoms with Crippen molar-refractivity contribution in [3.05, 3.63) is 131 Å². The number of ether oxygens (including phenoxy) is 9. The van der Waals surface area contributed by atoms with Gasteiger partial charge in [-0.2, -0.15) is 0 Å². The lowest BCUT2D eigenvalue weighted by molar-refractivity contribution is -0.346. The van der Waals surface area contributed by atoms with Crippen LogP contribution < -0.4 is 5.32 Å². The van der Waals surface area contributed by atoms with E-state index < -0.39 is 131 Å². The van der Waals surface area contributed by atoms with E-state index in [1.807, 2.05) is 0 Å². The largest absolute Gasteiger partial charge is 0.456 e. The van der Waals surface area contributed by atoms with Crippen LogP contribution in [0.3, 0.4) is 0 Å². The molecule has 480 valence electrons. The minimum Gasteiger partial charge on any atom is -0.456 e. The van der Waals surface area contributed by atoms with Gasteiger partial charge in [-0.15, -0.1) is 0 Å². The molecule has 14 atom stereocenters. The smallest absolute Gasteiger partial charge is 0.338 e. The van der Waals surface area contributed by atoms with Gasteiger partial charge in [0.2, 0.25) is 0 Å². The summed E-state index contributed by atoms with van der Waals surface area (Å²) in [5, 5.41) is 41.0. The number of hydrogen-bond acceptors (Lipinski definition) is 18. The van der Waals surface area contributed by atoms with Gasteiger partial charge >= 0.3 is 23.9 Å². The Kier molecular flexibility index (Phi) is 23.5. The van der Waals surface area contributed by atoms with Crippen LogP contribution in [0.5, 0.6) is 0 Å². The number of hydrogen-bond donors (Lipinski definition) is 4. The number of aliphatic hydroxyl groups is 3. The summed E-state index contributed by atoms with van der Waals surface area (Å²) in [5.41, 5.74) is -7.43. The lowest BCUT2D eigenvalue weighted by Gasteiger charge is -2.67. The van der Waals surface area contributed by atoms with E-state index >= 15 is 9.59 Å². The Balaban J connectivity index is 1.06. The molecule has 2 aliphatic heterocycles. The number of Topliss-reactive ketones (excluding diaryl/α,β-unsaturated/α-hetero) is 1. The molecular formula is C69H91NO18. The monoisotopic (exact) mass is 1220 g/mol. The van der Waals surface area contributed by atoms with Gasteiger partial charge in [-0.3, -0.25) is 19.2 Å². The van der Waals surface area contributed by atoms with Crippen molar-refractivity contribution in [1.29, 1.82) is 0 Å². The Morgan fingerprint density at radius 3 is 1.97 bits per heavy atom. The number of benzene rings is 3. The molecule has 2 unspecified atom stereocenters. The minimum atomic E-state index is -2.48. The van der Waals surface area contributed by atoms with Gasteiger partial charge in [0, 0.05) is 37.7 Å². The lowest BCUT2D eigenvalue weighted by Crippen LogP contribution is -2.82. The normalized spacial score (nSPS) is 29.0. The number of carbonyl (C=O) groups is 6. The SMILES string of the molecule is CCCCCCCC/C=C\CCCCCCC[C@@H]1OC[C@H](COC(O)O[C@@H](C(=O)O[C@H]2C[C@@]3(O)[C@@H](OC(=O)c4ccccc4)C4[C@](C)(C(=O)[C@H](OC(C)=O)C(=C2C)C3(C)C)[C@@H](O)C[C@H]2OC[C@@]42OC(C)=O)[C@@H](NC(=O)c2ccccc2)c2ccccc2)O1. The van der Waals surface area contributed by atoms with Crippen molar-refractivity contribution in [2.75, 3.05) is 19.8 Å². The maximum Gasteiger partial charge on any atom is 0.338 e. The zero-order chi connectivity index (χ0) is 63.2. The maximum absolute atomic E-state index is 15.9. The Morgan fingerprint density at radius 1 is 0.761 bits per heavy atom. The first-order valence-corrected chi connectivity index (χ1v) is 31.5. The first-order chi connectivity index (χ1) is 42.2. The summed E-state index contributed by atoms with van der Waals surface area (Å²) >= 11 is 0. The molecular weight excluding hydrogens is 1130 g/mol. The molecule has 0 spiro atoms. The van der Waals surface area contributed by atoms with E-state index in [1.54, 1.807) is 92.7 Å². The summed E-state index contributed by atoms with van der Waals surface area (Å²) in [6.45, 7) is 8.00. The Morgan fingerprint density at radius 2 is 1.36 bits per heavy atom. The third-order valence-corrected chi connectivity index (χ3v) is 18.7. The van der Waals surface area contributed by atoms with Crippen LogP contribution in [0.2, 0.25) is 0 Å². The first-order valence-electron chi connectivity index (χ1n) is 31.5. The third-order valence-electron chi connectivity index (χ3n) is 18.7. The second-order valence-corrected chi connectivity index (χ2v) is 25.0. The average Bonchev–Trinajstić information content (AvgIpc) is 0.828. The molecule has 5 aliphatic rings. The molecule has 88 heavy (non-hydrogen) atoms. The summed E-state index contributed by atoms with van der Waals surface area (Å²) < 4.78 is 55.3. The zero-order valence-electron chi connectivity index (χ0n) is 52.1. The molecule has 0 aromatic heterocycles. The highest BCUT2D eigenvalue weighted by molar-refractivity contribution is 5.96. The van der Waals surface area contributed by atoms with Gasteiger partial charge in [-0.1, -0.05) is 151 Å². The van der Waals surface area contributed by atoms with E-state index in [1.165, 1.54) is 64.5 Å². The highest BCUT2D eigenvalue weighted by Gasteiger charge is 2.78. The van der Waals surface area contributed by atoms with Crippen LogP contribution in [0.4, 0.5) is 0 Å². The predicted octanol–water partition coefficient (Wildman–Crippen LogP) is 9.83. The molecule has 4 fully saturated rings. The highest BCUT2D eigenvalue weighted by atomic mass is 16.8.